The Morgan fingerprint density at radius 2 is 2.25 bits per heavy atom. The van der Waals surface area contributed by atoms with Gasteiger partial charge in [-0.25, -0.2) is 0 Å². The summed E-state index contributed by atoms with van der Waals surface area (Å²) in [6.07, 6.45) is 3.71. The molecule has 0 aliphatic heterocycles. The fraction of sp³-hybridized carbons (Fsp3) is 0.875. The molecule has 0 saturated heterocycles. The fourth-order valence-electron chi connectivity index (χ4n) is 0.585. The molecule has 0 fully saturated rings. The lowest BCUT2D eigenvalue weighted by Gasteiger charge is -1.97. The lowest BCUT2D eigenvalue weighted by Crippen LogP contribution is -1.95. The lowest BCUT2D eigenvalue weighted by atomic mass is 10.4. The number of unbranched alkanes of at least 4 members (excludes halogenated alkanes) is 1. The summed E-state index contributed by atoms with van der Waals surface area (Å²) in [4.78, 5) is 4.94. The highest BCUT2D eigenvalue weighted by molar-refractivity contribution is 7.80. The summed E-state index contributed by atoms with van der Waals surface area (Å²) < 4.78 is 5.02. The van der Waals surface area contributed by atoms with E-state index >= 15 is 0 Å². The van der Waals surface area contributed by atoms with Crippen LogP contribution in [0.4, 0.5) is 0 Å². The summed E-state index contributed by atoms with van der Waals surface area (Å²) in [5, 5.41) is 3.71. The fourth-order valence-corrected chi connectivity index (χ4v) is 0.808. The molecule has 0 bridgehead atoms. The molecule has 0 aromatic carbocycles. The highest BCUT2D eigenvalue weighted by atomic mass is 32.1. The maximum absolute atomic E-state index is 5.02. The third-order valence-electron chi connectivity index (χ3n) is 1.19. The molecular weight excluding hydrogens is 174 g/mol. The van der Waals surface area contributed by atoms with Crippen LogP contribution in [0.25, 0.3) is 0 Å². The average molecular weight is 191 g/mol. The van der Waals surface area contributed by atoms with Crippen molar-refractivity contribution in [2.24, 2.45) is 5.16 Å². The first kappa shape index (κ1) is 11.8. The molecule has 0 aliphatic carbocycles. The van der Waals surface area contributed by atoms with Crippen molar-refractivity contribution >= 4 is 18.8 Å². The van der Waals surface area contributed by atoms with Gasteiger partial charge in [0.15, 0.2) is 0 Å². The molecule has 0 rings (SSSR count). The van der Waals surface area contributed by atoms with Gasteiger partial charge in [-0.3, -0.25) is 0 Å². The number of nitrogens with zero attached hydrogens (tertiary/aromatic N) is 1. The Kier molecular flexibility index (Phi) is 10.6. The van der Waals surface area contributed by atoms with E-state index in [4.69, 9.17) is 9.57 Å². The van der Waals surface area contributed by atoms with Crippen LogP contribution in [-0.2, 0) is 9.57 Å². The molecular formula is C8H17NO2S. The maximum Gasteiger partial charge on any atom is 0.117 e. The monoisotopic (exact) mass is 191 g/mol. The lowest BCUT2D eigenvalue weighted by molar-refractivity contribution is 0.136. The highest BCUT2D eigenvalue weighted by Crippen LogP contribution is 1.91. The van der Waals surface area contributed by atoms with E-state index < -0.39 is 0 Å². The minimum Gasteiger partial charge on any atom is -0.396 e. The van der Waals surface area contributed by atoms with Crippen LogP contribution in [-0.4, -0.2) is 31.8 Å². The predicted molar refractivity (Wildman–Crippen MR) is 54.0 cm³/mol. The zero-order valence-corrected chi connectivity index (χ0v) is 8.43. The summed E-state index contributed by atoms with van der Waals surface area (Å²) in [6, 6.07) is 0. The van der Waals surface area contributed by atoms with Gasteiger partial charge in [-0.1, -0.05) is 5.16 Å². The predicted octanol–water partition coefficient (Wildman–Crippen LogP) is 1.74. The topological polar surface area (TPSA) is 30.8 Å². The molecule has 0 amide bonds. The van der Waals surface area contributed by atoms with Crippen LogP contribution in [0.5, 0.6) is 0 Å². The minimum atomic E-state index is 0.531. The van der Waals surface area contributed by atoms with E-state index in [9.17, 15) is 0 Å². The van der Waals surface area contributed by atoms with Crippen molar-refractivity contribution in [3.05, 3.63) is 0 Å². The van der Waals surface area contributed by atoms with Crippen LogP contribution in [0.15, 0.2) is 5.16 Å². The molecule has 0 radical (unpaired) electrons. The molecule has 12 heavy (non-hydrogen) atoms. The van der Waals surface area contributed by atoms with Gasteiger partial charge in [-0.2, -0.15) is 12.6 Å². The highest BCUT2D eigenvalue weighted by Gasteiger charge is 1.84. The van der Waals surface area contributed by atoms with E-state index in [-0.39, 0.29) is 0 Å². The number of hydrogen-bond donors (Lipinski definition) is 1. The first-order valence-electron chi connectivity index (χ1n) is 4.24. The Hall–Kier alpha value is -0.220. The molecule has 0 N–H and O–H groups in total. The van der Waals surface area contributed by atoms with E-state index in [2.05, 4.69) is 17.8 Å². The summed E-state index contributed by atoms with van der Waals surface area (Å²) in [5.74, 6) is 0.909. The first-order chi connectivity index (χ1) is 5.91. The van der Waals surface area contributed by atoms with Crippen LogP contribution in [0.2, 0.25) is 0 Å². The summed E-state index contributed by atoms with van der Waals surface area (Å²) >= 11 is 4.08. The van der Waals surface area contributed by atoms with Crippen molar-refractivity contribution in [3.8, 4) is 0 Å². The van der Waals surface area contributed by atoms with Gasteiger partial charge >= 0.3 is 0 Å². The van der Waals surface area contributed by atoms with Crippen molar-refractivity contribution in [3.63, 3.8) is 0 Å². The number of hydrogen-bond acceptors (Lipinski definition) is 4. The van der Waals surface area contributed by atoms with Crippen molar-refractivity contribution < 1.29 is 9.57 Å². The standard InChI is InChI=1S/C8H17NO2S/c1-2-10-7-5-9-11-6-3-4-8-12/h5,12H,2-4,6-8H2,1H3. The van der Waals surface area contributed by atoms with E-state index in [1.165, 1.54) is 0 Å². The second kappa shape index (κ2) is 10.8. The molecule has 0 unspecified atom stereocenters. The number of rotatable bonds is 8. The van der Waals surface area contributed by atoms with E-state index in [0.29, 0.717) is 19.8 Å². The zero-order valence-electron chi connectivity index (χ0n) is 7.53. The van der Waals surface area contributed by atoms with Gasteiger partial charge in [-0.05, 0) is 25.5 Å². The SMILES string of the molecule is CCOCC=NOCCCCS. The molecule has 0 saturated carbocycles. The van der Waals surface area contributed by atoms with Crippen LogP contribution < -0.4 is 0 Å². The van der Waals surface area contributed by atoms with Gasteiger partial charge in [0.2, 0.25) is 0 Å². The van der Waals surface area contributed by atoms with Crippen LogP contribution in [0.1, 0.15) is 19.8 Å². The maximum atomic E-state index is 5.02. The van der Waals surface area contributed by atoms with E-state index in [0.717, 1.165) is 18.6 Å². The molecule has 0 heterocycles. The molecule has 0 aliphatic rings. The summed E-state index contributed by atoms with van der Waals surface area (Å²) in [5.41, 5.74) is 0. The van der Waals surface area contributed by atoms with Crippen molar-refractivity contribution in [1.29, 1.82) is 0 Å². The zero-order chi connectivity index (χ0) is 9.07. The molecule has 0 aromatic rings. The van der Waals surface area contributed by atoms with Gasteiger partial charge in [0.05, 0.1) is 12.8 Å². The quantitative estimate of drug-likeness (QED) is 0.274. The Labute approximate surface area is 79.5 Å². The second-order valence-corrected chi connectivity index (χ2v) is 2.66. The van der Waals surface area contributed by atoms with Crippen LogP contribution >= 0.6 is 12.6 Å². The smallest absolute Gasteiger partial charge is 0.117 e. The average Bonchev–Trinajstić information content (AvgIpc) is 2.10. The Morgan fingerprint density at radius 1 is 1.42 bits per heavy atom. The van der Waals surface area contributed by atoms with Gasteiger partial charge in [0.25, 0.3) is 0 Å². The third kappa shape index (κ3) is 9.78. The van der Waals surface area contributed by atoms with Crippen LogP contribution in [0.3, 0.4) is 0 Å². The molecule has 72 valence electrons. The minimum absolute atomic E-state index is 0.531. The molecule has 3 nitrogen and oxygen atoms in total. The summed E-state index contributed by atoms with van der Waals surface area (Å²) in [6.45, 7) is 3.86. The molecule has 0 aromatic heterocycles. The van der Waals surface area contributed by atoms with Gasteiger partial charge in [0.1, 0.15) is 6.61 Å². The van der Waals surface area contributed by atoms with Crippen molar-refractivity contribution in [2.75, 3.05) is 25.6 Å². The van der Waals surface area contributed by atoms with E-state index in [1.54, 1.807) is 6.21 Å². The van der Waals surface area contributed by atoms with Gasteiger partial charge in [-0.15, -0.1) is 0 Å². The summed E-state index contributed by atoms with van der Waals surface area (Å²) in [7, 11) is 0. The van der Waals surface area contributed by atoms with Crippen molar-refractivity contribution in [2.45, 2.75) is 19.8 Å². The van der Waals surface area contributed by atoms with Crippen molar-refractivity contribution in [1.82, 2.24) is 0 Å². The van der Waals surface area contributed by atoms with Crippen LogP contribution in [0, 0.1) is 0 Å². The largest absolute Gasteiger partial charge is 0.396 e. The molecule has 0 atom stereocenters. The van der Waals surface area contributed by atoms with Gasteiger partial charge in [0, 0.05) is 6.61 Å². The third-order valence-corrected chi connectivity index (χ3v) is 1.51. The molecule has 4 heteroatoms. The molecule has 0 spiro atoms. The Bertz CT molecular complexity index is 109. The Morgan fingerprint density at radius 3 is 2.92 bits per heavy atom. The number of ether oxygens (including phenoxy) is 1. The first-order valence-corrected chi connectivity index (χ1v) is 4.87. The number of thiol groups is 1. The Balaban J connectivity index is 2.92. The number of oxime groups is 1. The van der Waals surface area contributed by atoms with Gasteiger partial charge < -0.3 is 9.57 Å². The normalized spacial score (nSPS) is 10.8. The van der Waals surface area contributed by atoms with E-state index in [1.807, 2.05) is 6.92 Å². The second-order valence-electron chi connectivity index (χ2n) is 2.21.